The highest BCUT2D eigenvalue weighted by atomic mass is 14.2. The first-order chi connectivity index (χ1) is 23.4. The van der Waals surface area contributed by atoms with E-state index in [2.05, 4.69) is 185 Å². The van der Waals surface area contributed by atoms with Crippen LogP contribution in [0.4, 0.5) is 0 Å². The largest absolute Gasteiger partial charge is 0.0616 e. The second-order valence-corrected chi connectivity index (χ2v) is 14.2. The van der Waals surface area contributed by atoms with Crippen molar-refractivity contribution in [2.75, 3.05) is 0 Å². The fourth-order valence-electron chi connectivity index (χ4n) is 7.63. The van der Waals surface area contributed by atoms with Gasteiger partial charge in [0.1, 0.15) is 0 Å². The Morgan fingerprint density at radius 3 is 1.52 bits per heavy atom. The van der Waals surface area contributed by atoms with E-state index in [1.54, 1.807) is 0 Å². The van der Waals surface area contributed by atoms with Gasteiger partial charge in [0, 0.05) is 0 Å². The molecule has 0 spiro atoms. The molecule has 0 aromatic heterocycles. The average molecular weight is 613 g/mol. The van der Waals surface area contributed by atoms with Crippen molar-refractivity contribution in [2.45, 2.75) is 26.2 Å². The van der Waals surface area contributed by atoms with Crippen LogP contribution in [0.5, 0.6) is 0 Å². The molecule has 0 fully saturated rings. The van der Waals surface area contributed by atoms with Crippen molar-refractivity contribution in [2.24, 2.45) is 0 Å². The van der Waals surface area contributed by atoms with E-state index in [1.807, 2.05) is 0 Å². The zero-order valence-corrected chi connectivity index (χ0v) is 27.6. The van der Waals surface area contributed by atoms with Gasteiger partial charge in [-0.1, -0.05) is 166 Å². The molecule has 9 aromatic rings. The lowest BCUT2D eigenvalue weighted by Crippen LogP contribution is -2.10. The number of benzene rings is 9. The number of hydrogen-bond acceptors (Lipinski definition) is 0. The molecular formula is C48H36. The summed E-state index contributed by atoms with van der Waals surface area (Å²) in [6.45, 7) is 6.92. The van der Waals surface area contributed by atoms with Gasteiger partial charge >= 0.3 is 0 Å². The molecule has 0 saturated carbocycles. The van der Waals surface area contributed by atoms with Crippen LogP contribution in [0, 0.1) is 0 Å². The lowest BCUT2D eigenvalue weighted by Gasteiger charge is -2.23. The summed E-state index contributed by atoms with van der Waals surface area (Å²) in [4.78, 5) is 0. The Kier molecular flexibility index (Phi) is 6.49. The molecule has 0 heterocycles. The second kappa shape index (κ2) is 10.9. The minimum Gasteiger partial charge on any atom is -0.0616 e. The molecule has 0 amide bonds. The Hall–Kier alpha value is -5.72. The summed E-state index contributed by atoms with van der Waals surface area (Å²) in [5, 5.41) is 12.8. The third kappa shape index (κ3) is 4.68. The molecule has 0 bridgehead atoms. The van der Waals surface area contributed by atoms with Gasteiger partial charge < -0.3 is 0 Å². The fraction of sp³-hybridized carbons (Fsp3) is 0.0833. The second-order valence-electron chi connectivity index (χ2n) is 14.2. The smallest absolute Gasteiger partial charge is 0.00260 e. The monoisotopic (exact) mass is 612 g/mol. The van der Waals surface area contributed by atoms with Crippen LogP contribution in [-0.2, 0) is 5.41 Å². The van der Waals surface area contributed by atoms with Crippen LogP contribution in [0.1, 0.15) is 26.3 Å². The summed E-state index contributed by atoms with van der Waals surface area (Å²) in [7, 11) is 0. The summed E-state index contributed by atoms with van der Waals surface area (Å²) in [6.07, 6.45) is 0. The molecule has 0 N–H and O–H groups in total. The minimum absolute atomic E-state index is 0.0362. The van der Waals surface area contributed by atoms with Crippen molar-refractivity contribution < 1.29 is 0 Å². The van der Waals surface area contributed by atoms with Gasteiger partial charge in [-0.2, -0.15) is 0 Å². The van der Waals surface area contributed by atoms with Gasteiger partial charge in [-0.3, -0.25) is 0 Å². The van der Waals surface area contributed by atoms with Crippen LogP contribution in [0.3, 0.4) is 0 Å². The maximum absolute atomic E-state index is 2.45. The van der Waals surface area contributed by atoms with E-state index in [1.165, 1.54) is 92.8 Å². The minimum atomic E-state index is 0.0362. The van der Waals surface area contributed by atoms with Gasteiger partial charge in [0.25, 0.3) is 0 Å². The molecule has 0 aliphatic carbocycles. The molecule has 0 nitrogen and oxygen atoms in total. The number of fused-ring (bicyclic) bond motifs is 6. The topological polar surface area (TPSA) is 0 Å². The van der Waals surface area contributed by atoms with Crippen molar-refractivity contribution in [1.82, 2.24) is 0 Å². The van der Waals surface area contributed by atoms with E-state index < -0.39 is 0 Å². The average Bonchev–Trinajstić information content (AvgIpc) is 3.13. The third-order valence-electron chi connectivity index (χ3n) is 10.2. The van der Waals surface area contributed by atoms with Crippen LogP contribution in [0.15, 0.2) is 164 Å². The first kappa shape index (κ1) is 28.5. The molecule has 9 aromatic carbocycles. The Morgan fingerprint density at radius 1 is 0.292 bits per heavy atom. The third-order valence-corrected chi connectivity index (χ3v) is 10.2. The lowest BCUT2D eigenvalue weighted by molar-refractivity contribution is 0.591. The van der Waals surface area contributed by atoms with Crippen molar-refractivity contribution in [3.8, 4) is 33.4 Å². The summed E-state index contributed by atoms with van der Waals surface area (Å²) in [5.41, 5.74) is 8.94. The fourth-order valence-corrected chi connectivity index (χ4v) is 7.63. The molecule has 0 saturated heterocycles. The first-order valence-corrected chi connectivity index (χ1v) is 16.9. The quantitative estimate of drug-likeness (QED) is 0.138. The van der Waals surface area contributed by atoms with Crippen molar-refractivity contribution in [3.05, 3.63) is 169 Å². The van der Waals surface area contributed by atoms with E-state index in [0.29, 0.717) is 0 Å². The standard InChI is InChI=1S/C48H36/c1-48(2,3)39-25-27-44-45(30-39)47(38-23-18-31-10-4-5-12-35(31)29-38)43-15-9-8-14-42(43)46(44)34-20-16-32(17-21-34)36-24-26-41-37(28-36)22-19-33-11-6-7-13-40(33)41/h4-30H,1-3H3. The number of hydrogen-bond donors (Lipinski definition) is 0. The van der Waals surface area contributed by atoms with Crippen molar-refractivity contribution in [3.63, 3.8) is 0 Å². The van der Waals surface area contributed by atoms with Gasteiger partial charge in [-0.15, -0.1) is 0 Å². The Balaban J connectivity index is 1.24. The summed E-state index contributed by atoms with van der Waals surface area (Å²) >= 11 is 0. The Bertz CT molecular complexity index is 2680. The van der Waals surface area contributed by atoms with Crippen molar-refractivity contribution in [1.29, 1.82) is 0 Å². The zero-order valence-electron chi connectivity index (χ0n) is 27.6. The zero-order chi connectivity index (χ0) is 32.4. The van der Waals surface area contributed by atoms with Crippen molar-refractivity contribution >= 4 is 53.9 Å². The highest BCUT2D eigenvalue weighted by Gasteiger charge is 2.20. The predicted molar refractivity (Wildman–Crippen MR) is 209 cm³/mol. The van der Waals surface area contributed by atoms with Gasteiger partial charge in [-0.25, -0.2) is 0 Å². The molecule has 0 aliphatic rings. The predicted octanol–water partition coefficient (Wildman–Crippen LogP) is 13.8. The van der Waals surface area contributed by atoms with E-state index >= 15 is 0 Å². The highest BCUT2D eigenvalue weighted by molar-refractivity contribution is 6.22. The normalized spacial score (nSPS) is 12.1. The van der Waals surface area contributed by atoms with E-state index in [9.17, 15) is 0 Å². The van der Waals surface area contributed by atoms with E-state index in [-0.39, 0.29) is 5.41 Å². The van der Waals surface area contributed by atoms with Crippen LogP contribution in [0.25, 0.3) is 87.2 Å². The molecule has 48 heavy (non-hydrogen) atoms. The molecule has 228 valence electrons. The van der Waals surface area contributed by atoms with E-state index in [4.69, 9.17) is 0 Å². The van der Waals surface area contributed by atoms with Crippen LogP contribution < -0.4 is 0 Å². The molecule has 0 radical (unpaired) electrons. The van der Waals surface area contributed by atoms with Gasteiger partial charge in [-0.05, 0) is 116 Å². The highest BCUT2D eigenvalue weighted by Crippen LogP contribution is 2.45. The molecule has 0 aliphatic heterocycles. The lowest BCUT2D eigenvalue weighted by atomic mass is 9.81. The summed E-state index contributed by atoms with van der Waals surface area (Å²) in [6, 6.07) is 60.9. The summed E-state index contributed by atoms with van der Waals surface area (Å²) in [5.74, 6) is 0. The molecule has 0 heteroatoms. The van der Waals surface area contributed by atoms with E-state index in [0.717, 1.165) is 0 Å². The summed E-state index contributed by atoms with van der Waals surface area (Å²) < 4.78 is 0. The van der Waals surface area contributed by atoms with Gasteiger partial charge in [0.15, 0.2) is 0 Å². The first-order valence-electron chi connectivity index (χ1n) is 16.9. The maximum Gasteiger partial charge on any atom is -0.00260 e. The van der Waals surface area contributed by atoms with Gasteiger partial charge in [0.05, 0.1) is 0 Å². The Labute approximate surface area is 281 Å². The molecule has 0 atom stereocenters. The molecule has 0 unspecified atom stereocenters. The maximum atomic E-state index is 2.45. The Morgan fingerprint density at radius 2 is 0.771 bits per heavy atom. The van der Waals surface area contributed by atoms with Crippen LogP contribution in [-0.4, -0.2) is 0 Å². The van der Waals surface area contributed by atoms with Gasteiger partial charge in [0.2, 0.25) is 0 Å². The number of rotatable bonds is 3. The SMILES string of the molecule is CC(C)(C)c1ccc2c(-c3ccc(-c4ccc5c(ccc6ccccc65)c4)cc3)c3ccccc3c(-c3ccc4ccccc4c3)c2c1. The van der Waals surface area contributed by atoms with Crippen LogP contribution in [0.2, 0.25) is 0 Å². The van der Waals surface area contributed by atoms with Crippen LogP contribution >= 0.6 is 0 Å². The molecule has 9 rings (SSSR count). The molecular weight excluding hydrogens is 577 g/mol.